The second-order valence-corrected chi connectivity index (χ2v) is 6.57. The first kappa shape index (κ1) is 15.9. The van der Waals surface area contributed by atoms with Gasteiger partial charge < -0.3 is 10.2 Å². The Hall–Kier alpha value is -0.0800. The lowest BCUT2D eigenvalue weighted by Gasteiger charge is -2.34. The zero-order valence-electron chi connectivity index (χ0n) is 12.5. The van der Waals surface area contributed by atoms with Gasteiger partial charge in [0.1, 0.15) is 0 Å². The van der Waals surface area contributed by atoms with Gasteiger partial charge in [-0.1, -0.05) is 34.6 Å². The SMILES string of the molecule is CCN(CC)CCNC(C)(C)CC(C)(C)C. The summed E-state index contributed by atoms with van der Waals surface area (Å²) in [5, 5.41) is 3.67. The van der Waals surface area contributed by atoms with Crippen molar-refractivity contribution < 1.29 is 0 Å². The lowest BCUT2D eigenvalue weighted by atomic mass is 9.82. The highest BCUT2D eigenvalue weighted by molar-refractivity contribution is 4.83. The monoisotopic (exact) mass is 228 g/mol. The van der Waals surface area contributed by atoms with E-state index < -0.39 is 0 Å². The van der Waals surface area contributed by atoms with E-state index in [2.05, 4.69) is 58.7 Å². The third-order valence-corrected chi connectivity index (χ3v) is 2.90. The summed E-state index contributed by atoms with van der Waals surface area (Å²) in [7, 11) is 0. The minimum Gasteiger partial charge on any atom is -0.311 e. The Bertz CT molecular complexity index is 176. The Balaban J connectivity index is 3.90. The van der Waals surface area contributed by atoms with Crippen molar-refractivity contribution in [1.82, 2.24) is 10.2 Å². The van der Waals surface area contributed by atoms with E-state index in [4.69, 9.17) is 0 Å². The van der Waals surface area contributed by atoms with Crippen LogP contribution < -0.4 is 5.32 Å². The molecule has 1 N–H and O–H groups in total. The summed E-state index contributed by atoms with van der Waals surface area (Å²) in [4.78, 5) is 2.46. The summed E-state index contributed by atoms with van der Waals surface area (Å²) in [6.07, 6.45) is 1.21. The maximum Gasteiger partial charge on any atom is 0.0130 e. The third kappa shape index (κ3) is 8.12. The Labute approximate surface area is 103 Å². The van der Waals surface area contributed by atoms with Crippen LogP contribution in [-0.4, -0.2) is 36.6 Å². The number of hydrogen-bond donors (Lipinski definition) is 1. The number of hydrogen-bond acceptors (Lipinski definition) is 2. The first-order chi connectivity index (χ1) is 7.20. The van der Waals surface area contributed by atoms with Gasteiger partial charge in [-0.05, 0) is 38.8 Å². The molecule has 0 aromatic heterocycles. The first-order valence-electron chi connectivity index (χ1n) is 6.67. The minimum absolute atomic E-state index is 0.241. The smallest absolute Gasteiger partial charge is 0.0130 e. The summed E-state index contributed by atoms with van der Waals surface area (Å²) >= 11 is 0. The molecular formula is C14H32N2. The molecule has 0 aliphatic heterocycles. The topological polar surface area (TPSA) is 15.3 Å². The van der Waals surface area contributed by atoms with Gasteiger partial charge in [0.05, 0.1) is 0 Å². The molecule has 0 aliphatic rings. The van der Waals surface area contributed by atoms with Gasteiger partial charge in [-0.2, -0.15) is 0 Å². The quantitative estimate of drug-likeness (QED) is 0.720. The predicted octanol–water partition coefficient (Wildman–Crippen LogP) is 3.13. The average Bonchev–Trinajstić information content (AvgIpc) is 2.08. The third-order valence-electron chi connectivity index (χ3n) is 2.90. The van der Waals surface area contributed by atoms with Gasteiger partial charge in [0.2, 0.25) is 0 Å². The van der Waals surface area contributed by atoms with Crippen LogP contribution in [0.1, 0.15) is 54.9 Å². The van der Waals surface area contributed by atoms with Crippen molar-refractivity contribution in [3.63, 3.8) is 0 Å². The van der Waals surface area contributed by atoms with Gasteiger partial charge in [0.15, 0.2) is 0 Å². The zero-order chi connectivity index (χ0) is 12.8. The van der Waals surface area contributed by atoms with Crippen LogP contribution in [0.5, 0.6) is 0 Å². The highest BCUT2D eigenvalue weighted by atomic mass is 15.1. The van der Waals surface area contributed by atoms with Crippen LogP contribution in [-0.2, 0) is 0 Å². The molecule has 2 heteroatoms. The summed E-state index contributed by atoms with van der Waals surface area (Å²) in [6.45, 7) is 20.5. The van der Waals surface area contributed by atoms with E-state index in [0.717, 1.165) is 26.2 Å². The van der Waals surface area contributed by atoms with Crippen molar-refractivity contribution in [1.29, 1.82) is 0 Å². The predicted molar refractivity (Wildman–Crippen MR) is 73.9 cm³/mol. The fourth-order valence-corrected chi connectivity index (χ4v) is 2.48. The van der Waals surface area contributed by atoms with Crippen molar-refractivity contribution in [3.05, 3.63) is 0 Å². The van der Waals surface area contributed by atoms with Crippen molar-refractivity contribution in [2.45, 2.75) is 60.4 Å². The molecular weight excluding hydrogens is 196 g/mol. The summed E-state index contributed by atoms with van der Waals surface area (Å²) in [5.41, 5.74) is 0.636. The first-order valence-corrected chi connectivity index (χ1v) is 6.67. The van der Waals surface area contributed by atoms with E-state index in [1.54, 1.807) is 0 Å². The van der Waals surface area contributed by atoms with Crippen molar-refractivity contribution in [3.8, 4) is 0 Å². The van der Waals surface area contributed by atoms with Crippen LogP contribution in [0, 0.1) is 5.41 Å². The molecule has 0 amide bonds. The van der Waals surface area contributed by atoms with Crippen LogP contribution in [0.25, 0.3) is 0 Å². The largest absolute Gasteiger partial charge is 0.311 e. The molecule has 0 unspecified atom stereocenters. The highest BCUT2D eigenvalue weighted by Crippen LogP contribution is 2.26. The molecule has 0 heterocycles. The van der Waals surface area contributed by atoms with Crippen LogP contribution in [0.4, 0.5) is 0 Å². The fraction of sp³-hybridized carbons (Fsp3) is 1.00. The van der Waals surface area contributed by atoms with E-state index >= 15 is 0 Å². The molecule has 0 aromatic rings. The second kappa shape index (κ2) is 6.61. The lowest BCUT2D eigenvalue weighted by Crippen LogP contribution is -2.45. The Morgan fingerprint density at radius 3 is 1.81 bits per heavy atom. The Kier molecular flexibility index (Phi) is 6.57. The Morgan fingerprint density at radius 1 is 0.938 bits per heavy atom. The van der Waals surface area contributed by atoms with E-state index in [9.17, 15) is 0 Å². The molecule has 98 valence electrons. The van der Waals surface area contributed by atoms with Crippen LogP contribution in [0.3, 0.4) is 0 Å². The number of rotatable bonds is 7. The molecule has 0 radical (unpaired) electrons. The minimum atomic E-state index is 0.241. The standard InChI is InChI=1S/C14H32N2/c1-8-16(9-2)11-10-15-14(6,7)12-13(3,4)5/h15H,8-12H2,1-7H3. The molecule has 0 atom stereocenters. The number of likely N-dealkylation sites (N-methyl/N-ethyl adjacent to an activating group) is 1. The van der Waals surface area contributed by atoms with Gasteiger partial charge in [-0.15, -0.1) is 0 Å². The number of nitrogens with zero attached hydrogens (tertiary/aromatic N) is 1. The van der Waals surface area contributed by atoms with Gasteiger partial charge in [0, 0.05) is 18.6 Å². The summed E-state index contributed by atoms with van der Waals surface area (Å²) < 4.78 is 0. The molecule has 2 nitrogen and oxygen atoms in total. The maximum absolute atomic E-state index is 3.67. The molecule has 16 heavy (non-hydrogen) atoms. The van der Waals surface area contributed by atoms with Gasteiger partial charge in [-0.25, -0.2) is 0 Å². The van der Waals surface area contributed by atoms with Crippen molar-refractivity contribution in [2.24, 2.45) is 5.41 Å². The summed E-state index contributed by atoms with van der Waals surface area (Å²) in [6, 6.07) is 0. The zero-order valence-corrected chi connectivity index (χ0v) is 12.5. The van der Waals surface area contributed by atoms with Crippen LogP contribution in [0.2, 0.25) is 0 Å². The van der Waals surface area contributed by atoms with E-state index in [0.29, 0.717) is 5.41 Å². The number of nitrogens with one attached hydrogen (secondary N) is 1. The lowest BCUT2D eigenvalue weighted by molar-refractivity contribution is 0.225. The molecule has 0 fully saturated rings. The highest BCUT2D eigenvalue weighted by Gasteiger charge is 2.24. The van der Waals surface area contributed by atoms with Crippen molar-refractivity contribution >= 4 is 0 Å². The fourth-order valence-electron chi connectivity index (χ4n) is 2.48. The van der Waals surface area contributed by atoms with Crippen molar-refractivity contribution in [2.75, 3.05) is 26.2 Å². The molecule has 0 saturated carbocycles. The van der Waals surface area contributed by atoms with E-state index in [-0.39, 0.29) is 5.54 Å². The maximum atomic E-state index is 3.67. The average molecular weight is 228 g/mol. The van der Waals surface area contributed by atoms with E-state index in [1.165, 1.54) is 6.42 Å². The molecule has 0 saturated heterocycles. The van der Waals surface area contributed by atoms with Crippen LogP contribution in [0.15, 0.2) is 0 Å². The van der Waals surface area contributed by atoms with Crippen LogP contribution >= 0.6 is 0 Å². The van der Waals surface area contributed by atoms with Gasteiger partial charge in [-0.3, -0.25) is 0 Å². The van der Waals surface area contributed by atoms with Gasteiger partial charge >= 0.3 is 0 Å². The van der Waals surface area contributed by atoms with Gasteiger partial charge in [0.25, 0.3) is 0 Å². The second-order valence-electron chi connectivity index (χ2n) is 6.57. The summed E-state index contributed by atoms with van der Waals surface area (Å²) in [5.74, 6) is 0. The Morgan fingerprint density at radius 2 is 1.44 bits per heavy atom. The molecule has 0 spiro atoms. The van der Waals surface area contributed by atoms with E-state index in [1.807, 2.05) is 0 Å². The molecule has 0 aliphatic carbocycles. The molecule has 0 bridgehead atoms. The molecule has 0 aromatic carbocycles. The molecule has 0 rings (SSSR count). The normalized spacial score (nSPS) is 13.5.